The Labute approximate surface area is 247 Å². The molecule has 5 rings (SSSR count). The van der Waals surface area contributed by atoms with E-state index >= 15 is 0 Å². The van der Waals surface area contributed by atoms with Gasteiger partial charge in [0, 0.05) is 46.2 Å². The van der Waals surface area contributed by atoms with Gasteiger partial charge in [-0.05, 0) is 40.8 Å². The maximum atomic E-state index is 14.3. The molecule has 1 unspecified atom stereocenters. The molecule has 0 aromatic rings. The number of carbonyl (C=O) groups is 6. The predicted molar refractivity (Wildman–Crippen MR) is 149 cm³/mol. The van der Waals surface area contributed by atoms with Crippen LogP contribution in [0, 0.1) is 0 Å². The van der Waals surface area contributed by atoms with Crippen molar-refractivity contribution in [3.63, 3.8) is 0 Å². The van der Waals surface area contributed by atoms with Gasteiger partial charge < -0.3 is 23.8 Å². The molecule has 12 nitrogen and oxygen atoms in total. The van der Waals surface area contributed by atoms with Gasteiger partial charge in [-0.3, -0.25) is 28.9 Å². The molecule has 1 amide bonds. The molecule has 4 atom stereocenters. The number of Topliss-reactive ketones (excluding diaryl/α,β-unsaturated/α-hetero) is 4. The maximum absolute atomic E-state index is 14.3. The summed E-state index contributed by atoms with van der Waals surface area (Å²) in [5, 5.41) is 0. The molecular formula is C31H32N2O10. The standard InChI is InChI=1S/C31H32N2O10/c1-9-12(2)31(39)43-11-17-18-15(23(34)13(3)28(41-7)29(18)42-8)10-16-21-19-20(24(35)14(4)27(40-6)26(19)37)25(36)22(32(21)5)30(38)33(16)17/h9-10,17,21-22,29H,11H2,1-8H3/b12-9-/t17-,21+,22-,29?/m0/s1. The number of methoxy groups -OCH3 is 3. The molecule has 0 radical (unpaired) electrons. The highest BCUT2D eigenvalue weighted by atomic mass is 16.5. The summed E-state index contributed by atoms with van der Waals surface area (Å²) in [4.78, 5) is 84.6. The van der Waals surface area contributed by atoms with Crippen LogP contribution in [0.1, 0.15) is 27.7 Å². The number of ketones is 4. The van der Waals surface area contributed by atoms with Gasteiger partial charge in [0.15, 0.2) is 29.2 Å². The predicted octanol–water partition coefficient (Wildman–Crippen LogP) is 1.04. The molecule has 0 aromatic heterocycles. The molecule has 0 aromatic carbocycles. The minimum atomic E-state index is -1.45. The lowest BCUT2D eigenvalue weighted by molar-refractivity contribution is -0.152. The Hall–Kier alpha value is -4.42. The van der Waals surface area contributed by atoms with Gasteiger partial charge in [-0.15, -0.1) is 0 Å². The number of rotatable bonds is 6. The average Bonchev–Trinajstić information content (AvgIpc) is 2.98. The number of hydrogen-bond donors (Lipinski definition) is 0. The summed E-state index contributed by atoms with van der Waals surface area (Å²) in [7, 11) is 5.57. The Morgan fingerprint density at radius 1 is 0.953 bits per heavy atom. The summed E-state index contributed by atoms with van der Waals surface area (Å²) in [5.41, 5.74) is 0.726. The van der Waals surface area contributed by atoms with E-state index in [4.69, 9.17) is 18.9 Å². The van der Waals surface area contributed by atoms with Gasteiger partial charge in [-0.25, -0.2) is 4.79 Å². The fourth-order valence-electron chi connectivity index (χ4n) is 6.52. The minimum Gasteiger partial charge on any atom is -0.498 e. The van der Waals surface area contributed by atoms with Crippen molar-refractivity contribution in [3.05, 3.63) is 68.4 Å². The molecule has 1 saturated heterocycles. The van der Waals surface area contributed by atoms with Crippen LogP contribution in [-0.4, -0.2) is 104 Å². The quantitative estimate of drug-likeness (QED) is 0.143. The fraction of sp³-hybridized carbons (Fsp3) is 0.419. The van der Waals surface area contributed by atoms with Gasteiger partial charge in [0.25, 0.3) is 5.91 Å². The first kappa shape index (κ1) is 30.1. The molecule has 0 spiro atoms. The Balaban J connectivity index is 1.77. The molecule has 0 saturated carbocycles. The van der Waals surface area contributed by atoms with Crippen molar-refractivity contribution in [2.24, 2.45) is 0 Å². The summed E-state index contributed by atoms with van der Waals surface area (Å²) in [6.45, 7) is 5.83. The number of likely N-dealkylation sites (N-methyl/N-ethyl adjacent to an activating group) is 1. The topological polar surface area (TPSA) is 146 Å². The molecule has 0 N–H and O–H groups in total. The number of piperazine rings is 1. The van der Waals surface area contributed by atoms with Crippen LogP contribution in [0.2, 0.25) is 0 Å². The fourth-order valence-corrected chi connectivity index (χ4v) is 6.52. The van der Waals surface area contributed by atoms with Crippen molar-refractivity contribution in [2.75, 3.05) is 35.0 Å². The van der Waals surface area contributed by atoms with E-state index in [0.717, 1.165) is 0 Å². The summed E-state index contributed by atoms with van der Waals surface area (Å²) in [6.07, 6.45) is 2.13. The molecular weight excluding hydrogens is 560 g/mol. The van der Waals surface area contributed by atoms with Crippen molar-refractivity contribution in [2.45, 2.75) is 51.9 Å². The third-order valence-electron chi connectivity index (χ3n) is 8.78. The maximum Gasteiger partial charge on any atom is 0.333 e. The lowest BCUT2D eigenvalue weighted by Crippen LogP contribution is -2.69. The Bertz CT molecular complexity index is 1620. The second-order valence-electron chi connectivity index (χ2n) is 10.8. The normalized spacial score (nSPS) is 27.8. The monoisotopic (exact) mass is 592 g/mol. The largest absolute Gasteiger partial charge is 0.498 e. The number of hydrogen-bond acceptors (Lipinski definition) is 11. The van der Waals surface area contributed by atoms with Crippen molar-refractivity contribution in [3.8, 4) is 0 Å². The first-order valence-corrected chi connectivity index (χ1v) is 13.6. The zero-order valence-electron chi connectivity index (χ0n) is 25.1. The van der Waals surface area contributed by atoms with Crippen LogP contribution in [0.15, 0.2) is 68.4 Å². The van der Waals surface area contributed by atoms with E-state index in [1.165, 1.54) is 51.2 Å². The molecule has 5 aliphatic rings. The van der Waals surface area contributed by atoms with E-state index in [9.17, 15) is 28.8 Å². The van der Waals surface area contributed by atoms with Gasteiger partial charge in [-0.1, -0.05) is 6.08 Å². The van der Waals surface area contributed by atoms with Gasteiger partial charge in [0.1, 0.15) is 18.5 Å². The van der Waals surface area contributed by atoms with Crippen LogP contribution in [-0.2, 0) is 47.7 Å². The Kier molecular flexibility index (Phi) is 7.47. The smallest absolute Gasteiger partial charge is 0.333 e. The second kappa shape index (κ2) is 10.7. The van der Waals surface area contributed by atoms with Gasteiger partial charge in [0.2, 0.25) is 5.78 Å². The first-order chi connectivity index (χ1) is 20.4. The lowest BCUT2D eigenvalue weighted by atomic mass is 9.71. The molecule has 2 bridgehead atoms. The molecule has 1 fully saturated rings. The van der Waals surface area contributed by atoms with Crippen molar-refractivity contribution < 1.29 is 47.7 Å². The number of carbonyl (C=O) groups excluding carboxylic acids is 6. The summed E-state index contributed by atoms with van der Waals surface area (Å²) in [5.74, 6) is -3.91. The third kappa shape index (κ3) is 4.04. The summed E-state index contributed by atoms with van der Waals surface area (Å²) >= 11 is 0. The second-order valence-corrected chi connectivity index (χ2v) is 10.8. The Morgan fingerprint density at radius 2 is 1.63 bits per heavy atom. The van der Waals surface area contributed by atoms with Crippen molar-refractivity contribution in [1.82, 2.24) is 9.80 Å². The molecule has 12 heteroatoms. The van der Waals surface area contributed by atoms with Crippen LogP contribution in [0.3, 0.4) is 0 Å². The van der Waals surface area contributed by atoms with E-state index < -0.39 is 65.8 Å². The van der Waals surface area contributed by atoms with Gasteiger partial charge in [-0.2, -0.15) is 0 Å². The highest BCUT2D eigenvalue weighted by Crippen LogP contribution is 2.47. The van der Waals surface area contributed by atoms with Crippen molar-refractivity contribution >= 4 is 35.0 Å². The van der Waals surface area contributed by atoms with E-state index in [0.29, 0.717) is 11.1 Å². The van der Waals surface area contributed by atoms with E-state index in [1.807, 2.05) is 0 Å². The van der Waals surface area contributed by atoms with Gasteiger partial charge >= 0.3 is 5.97 Å². The summed E-state index contributed by atoms with van der Waals surface area (Å²) in [6, 6.07) is -3.63. The average molecular weight is 593 g/mol. The minimum absolute atomic E-state index is 0.0310. The van der Waals surface area contributed by atoms with Crippen LogP contribution in [0.25, 0.3) is 0 Å². The van der Waals surface area contributed by atoms with Crippen LogP contribution in [0.4, 0.5) is 0 Å². The SMILES string of the molecule is C/C=C(/C)C(=O)OC[C@H]1C2=C(C=C3[C@@H]4C5=C(C(=O)C(C)=C(OC)C5=O)C(=O)[C@@H](C(=O)N31)N4C)C(=O)C(C)=C(OC)C2OC. The zero-order valence-corrected chi connectivity index (χ0v) is 25.1. The number of esters is 1. The van der Waals surface area contributed by atoms with Crippen LogP contribution < -0.4 is 0 Å². The number of nitrogens with zero attached hydrogens (tertiary/aromatic N) is 2. The number of amides is 1. The first-order valence-electron chi connectivity index (χ1n) is 13.6. The van der Waals surface area contributed by atoms with E-state index in [2.05, 4.69) is 0 Å². The highest BCUT2D eigenvalue weighted by molar-refractivity contribution is 6.39. The molecule has 3 heterocycles. The lowest BCUT2D eigenvalue weighted by Gasteiger charge is -2.53. The molecule has 2 aliphatic carbocycles. The highest BCUT2D eigenvalue weighted by Gasteiger charge is 2.60. The number of allylic oxidation sites excluding steroid dienone is 6. The molecule has 3 aliphatic heterocycles. The summed E-state index contributed by atoms with van der Waals surface area (Å²) < 4.78 is 22.2. The van der Waals surface area contributed by atoms with Crippen LogP contribution >= 0.6 is 0 Å². The van der Waals surface area contributed by atoms with Crippen LogP contribution in [0.5, 0.6) is 0 Å². The number of fused-ring (bicyclic) bond motifs is 5. The molecule has 43 heavy (non-hydrogen) atoms. The number of ether oxygens (including phenoxy) is 4. The Morgan fingerprint density at radius 3 is 2.21 bits per heavy atom. The molecule has 226 valence electrons. The van der Waals surface area contributed by atoms with Crippen molar-refractivity contribution in [1.29, 1.82) is 0 Å². The third-order valence-corrected chi connectivity index (χ3v) is 8.78. The van der Waals surface area contributed by atoms with E-state index in [-0.39, 0.29) is 45.1 Å². The van der Waals surface area contributed by atoms with E-state index in [1.54, 1.807) is 26.8 Å². The zero-order chi connectivity index (χ0) is 31.7. The van der Waals surface area contributed by atoms with Gasteiger partial charge in [0.05, 0.1) is 31.9 Å².